The van der Waals surface area contributed by atoms with Crippen LogP contribution in [0.3, 0.4) is 0 Å². The first kappa shape index (κ1) is 23.2. The van der Waals surface area contributed by atoms with Gasteiger partial charge in [0.05, 0.1) is 31.3 Å². The second-order valence-electron chi connectivity index (χ2n) is 8.11. The molecule has 168 valence electrons. The Kier molecular flexibility index (Phi) is 7.33. The molecule has 0 saturated heterocycles. The van der Waals surface area contributed by atoms with Gasteiger partial charge in [-0.1, -0.05) is 13.0 Å². The van der Waals surface area contributed by atoms with Crippen LogP contribution in [-0.4, -0.2) is 44.1 Å². The van der Waals surface area contributed by atoms with Crippen molar-refractivity contribution in [2.24, 2.45) is 11.8 Å². The highest BCUT2D eigenvalue weighted by Crippen LogP contribution is 2.46. The number of methoxy groups -OCH3 is 1. The molecule has 1 aliphatic carbocycles. The van der Waals surface area contributed by atoms with E-state index in [1.54, 1.807) is 0 Å². The standard InChI is InChI=1S/C23H29NO6S/c1-12(2)29-8-9-30-23(27)18-14(4)24-15-11-13(3)17(22(26)28-5)21(25)19(15)20(18)16-7-6-10-31-16/h6-7,10,12-13,17,20,24H,8-9,11H2,1-5H3/t13-,17-,20-/m1/s1. The maximum atomic E-state index is 13.5. The smallest absolute Gasteiger partial charge is 0.336 e. The van der Waals surface area contributed by atoms with E-state index < -0.39 is 23.8 Å². The molecule has 8 heteroatoms. The largest absolute Gasteiger partial charge is 0.468 e. The molecule has 0 amide bonds. The van der Waals surface area contributed by atoms with Crippen molar-refractivity contribution in [2.75, 3.05) is 20.3 Å². The molecule has 0 bridgehead atoms. The maximum absolute atomic E-state index is 13.5. The Hall–Kier alpha value is -2.45. The van der Waals surface area contributed by atoms with Gasteiger partial charge in [-0.25, -0.2) is 4.79 Å². The Labute approximate surface area is 186 Å². The normalized spacial score (nSPS) is 23.5. The fourth-order valence-corrected chi connectivity index (χ4v) is 5.03. The summed E-state index contributed by atoms with van der Waals surface area (Å²) in [6.45, 7) is 7.91. The lowest BCUT2D eigenvalue weighted by Gasteiger charge is -2.37. The van der Waals surface area contributed by atoms with E-state index in [0.717, 1.165) is 10.6 Å². The number of Topliss-reactive ketones (excluding diaryl/α,β-unsaturated/α-hetero) is 1. The predicted molar refractivity (Wildman–Crippen MR) is 116 cm³/mol. The summed E-state index contributed by atoms with van der Waals surface area (Å²) in [7, 11) is 1.29. The van der Waals surface area contributed by atoms with Gasteiger partial charge in [0.15, 0.2) is 5.78 Å². The van der Waals surface area contributed by atoms with E-state index in [4.69, 9.17) is 14.2 Å². The number of dihydropyridines is 1. The van der Waals surface area contributed by atoms with Crippen molar-refractivity contribution in [2.45, 2.75) is 46.1 Å². The second-order valence-corrected chi connectivity index (χ2v) is 9.09. The highest BCUT2D eigenvalue weighted by atomic mass is 32.1. The number of carbonyl (C=O) groups is 3. The van der Waals surface area contributed by atoms with Gasteiger partial charge in [-0.2, -0.15) is 0 Å². The number of esters is 2. The second kappa shape index (κ2) is 9.78. The number of nitrogens with one attached hydrogen (secondary N) is 1. The molecule has 1 N–H and O–H groups in total. The lowest BCUT2D eigenvalue weighted by Crippen LogP contribution is -2.43. The Morgan fingerprint density at radius 3 is 2.65 bits per heavy atom. The van der Waals surface area contributed by atoms with Crippen LogP contribution >= 0.6 is 11.3 Å². The molecule has 0 fully saturated rings. The molecule has 2 aliphatic rings. The summed E-state index contributed by atoms with van der Waals surface area (Å²) in [5.74, 6) is -3.01. The molecule has 31 heavy (non-hydrogen) atoms. The zero-order valence-electron chi connectivity index (χ0n) is 18.5. The van der Waals surface area contributed by atoms with E-state index in [-0.39, 0.29) is 24.4 Å². The number of ether oxygens (including phenoxy) is 3. The molecule has 0 saturated carbocycles. The summed E-state index contributed by atoms with van der Waals surface area (Å²) >= 11 is 1.46. The summed E-state index contributed by atoms with van der Waals surface area (Å²) in [5.41, 5.74) is 2.25. The zero-order chi connectivity index (χ0) is 22.7. The lowest BCUT2D eigenvalue weighted by molar-refractivity contribution is -0.151. The average Bonchev–Trinajstić information content (AvgIpc) is 3.24. The van der Waals surface area contributed by atoms with Crippen LogP contribution in [0.25, 0.3) is 0 Å². The highest BCUT2D eigenvalue weighted by molar-refractivity contribution is 7.10. The third-order valence-corrected chi connectivity index (χ3v) is 6.50. The number of hydrogen-bond donors (Lipinski definition) is 1. The first-order valence-electron chi connectivity index (χ1n) is 10.4. The number of ketones is 1. The van der Waals surface area contributed by atoms with Gasteiger partial charge in [-0.15, -0.1) is 11.3 Å². The van der Waals surface area contributed by atoms with E-state index >= 15 is 0 Å². The minimum absolute atomic E-state index is 0.0414. The molecular formula is C23H29NO6S. The molecular weight excluding hydrogens is 418 g/mol. The number of allylic oxidation sites excluding steroid dienone is 3. The van der Waals surface area contributed by atoms with Crippen LogP contribution in [0.4, 0.5) is 0 Å². The molecule has 1 aliphatic heterocycles. The van der Waals surface area contributed by atoms with E-state index in [1.165, 1.54) is 18.4 Å². The van der Waals surface area contributed by atoms with Gasteiger partial charge >= 0.3 is 11.9 Å². The van der Waals surface area contributed by atoms with Crippen LogP contribution in [0.1, 0.15) is 44.9 Å². The van der Waals surface area contributed by atoms with Crippen molar-refractivity contribution in [1.82, 2.24) is 5.32 Å². The lowest BCUT2D eigenvalue weighted by atomic mass is 9.70. The van der Waals surface area contributed by atoms with Crippen molar-refractivity contribution >= 4 is 29.1 Å². The quantitative estimate of drug-likeness (QED) is 0.389. The van der Waals surface area contributed by atoms with Crippen molar-refractivity contribution in [1.29, 1.82) is 0 Å². The molecule has 0 radical (unpaired) electrons. The van der Waals surface area contributed by atoms with Crippen molar-refractivity contribution in [3.63, 3.8) is 0 Å². The Bertz CT molecular complexity index is 915. The van der Waals surface area contributed by atoms with Crippen LogP contribution in [-0.2, 0) is 28.6 Å². The molecule has 7 nitrogen and oxygen atoms in total. The van der Waals surface area contributed by atoms with Crippen LogP contribution < -0.4 is 5.32 Å². The first-order chi connectivity index (χ1) is 14.8. The van der Waals surface area contributed by atoms with Gasteiger partial charge in [-0.3, -0.25) is 9.59 Å². The van der Waals surface area contributed by atoms with Gasteiger partial charge < -0.3 is 19.5 Å². The van der Waals surface area contributed by atoms with E-state index in [0.29, 0.717) is 29.9 Å². The SMILES string of the molecule is COC(=O)[C@H]1C(=O)C2=C(C[C@H]1C)NC(C)=C(C(=O)OCCOC(C)C)[C@H]2c1cccs1. The topological polar surface area (TPSA) is 90.9 Å². The Morgan fingerprint density at radius 2 is 2.03 bits per heavy atom. The fraction of sp³-hybridized carbons (Fsp3) is 0.522. The Morgan fingerprint density at radius 1 is 1.29 bits per heavy atom. The molecule has 2 heterocycles. The van der Waals surface area contributed by atoms with Crippen molar-refractivity contribution in [3.8, 4) is 0 Å². The molecule has 0 spiro atoms. The van der Waals surface area contributed by atoms with Crippen LogP contribution in [0.15, 0.2) is 40.1 Å². The van der Waals surface area contributed by atoms with Crippen molar-refractivity contribution < 1.29 is 28.6 Å². The monoisotopic (exact) mass is 447 g/mol. The van der Waals surface area contributed by atoms with Gasteiger partial charge in [0.25, 0.3) is 0 Å². The predicted octanol–water partition coefficient (Wildman–Crippen LogP) is 3.33. The Balaban J connectivity index is 1.96. The van der Waals surface area contributed by atoms with Crippen LogP contribution in [0.5, 0.6) is 0 Å². The average molecular weight is 448 g/mol. The van der Waals surface area contributed by atoms with E-state index in [2.05, 4.69) is 5.32 Å². The number of carbonyl (C=O) groups excluding carboxylic acids is 3. The molecule has 1 aromatic heterocycles. The fourth-order valence-electron chi connectivity index (χ4n) is 4.19. The summed E-state index contributed by atoms with van der Waals surface area (Å²) in [6.07, 6.45) is 0.560. The minimum Gasteiger partial charge on any atom is -0.468 e. The van der Waals surface area contributed by atoms with Gasteiger partial charge in [0.2, 0.25) is 0 Å². The summed E-state index contributed by atoms with van der Waals surface area (Å²) < 4.78 is 15.8. The molecule has 0 aromatic carbocycles. The van der Waals surface area contributed by atoms with Crippen LogP contribution in [0, 0.1) is 11.8 Å². The van der Waals surface area contributed by atoms with Crippen LogP contribution in [0.2, 0.25) is 0 Å². The maximum Gasteiger partial charge on any atom is 0.336 e. The summed E-state index contributed by atoms with van der Waals surface area (Å²) in [6, 6.07) is 3.77. The third-order valence-electron chi connectivity index (χ3n) is 5.56. The summed E-state index contributed by atoms with van der Waals surface area (Å²) in [4.78, 5) is 39.8. The summed E-state index contributed by atoms with van der Waals surface area (Å²) in [5, 5.41) is 5.15. The zero-order valence-corrected chi connectivity index (χ0v) is 19.3. The first-order valence-corrected chi connectivity index (χ1v) is 11.3. The number of rotatable bonds is 7. The van der Waals surface area contributed by atoms with E-state index in [9.17, 15) is 14.4 Å². The van der Waals surface area contributed by atoms with Gasteiger partial charge in [0.1, 0.15) is 12.5 Å². The number of hydrogen-bond acceptors (Lipinski definition) is 8. The van der Waals surface area contributed by atoms with Crippen molar-refractivity contribution in [3.05, 3.63) is 44.9 Å². The molecule has 3 atom stereocenters. The van der Waals surface area contributed by atoms with E-state index in [1.807, 2.05) is 45.2 Å². The van der Waals surface area contributed by atoms with Gasteiger partial charge in [0, 0.05) is 21.8 Å². The van der Waals surface area contributed by atoms with Gasteiger partial charge in [-0.05, 0) is 44.6 Å². The molecule has 3 rings (SSSR count). The third kappa shape index (κ3) is 4.75. The highest BCUT2D eigenvalue weighted by Gasteiger charge is 2.47. The molecule has 0 unspecified atom stereocenters. The minimum atomic E-state index is -0.886. The molecule has 1 aromatic rings. The number of thiophene rings is 1.